The zero-order valence-electron chi connectivity index (χ0n) is 9.83. The van der Waals surface area contributed by atoms with Gasteiger partial charge in [0.25, 0.3) is 0 Å². The average molecular weight is 267 g/mol. The minimum Gasteiger partial charge on any atom is -0.397 e. The van der Waals surface area contributed by atoms with E-state index in [9.17, 15) is 0 Å². The molecule has 1 aromatic heterocycles. The fourth-order valence-electron chi connectivity index (χ4n) is 1.74. The standard InChI is InChI=1S/C13H15ClN2S/c1-8-4-3-5-10(15)13(8)16-9(2)11-6-7-12(14)17-11/h3-7,9,16H,15H2,1-2H3. The molecule has 0 saturated carbocycles. The van der Waals surface area contributed by atoms with Crippen LogP contribution in [0.15, 0.2) is 30.3 Å². The highest BCUT2D eigenvalue weighted by Gasteiger charge is 2.10. The van der Waals surface area contributed by atoms with Gasteiger partial charge in [-0.25, -0.2) is 0 Å². The van der Waals surface area contributed by atoms with Crippen LogP contribution < -0.4 is 11.1 Å². The van der Waals surface area contributed by atoms with Crippen LogP contribution in [0, 0.1) is 6.92 Å². The molecule has 0 bridgehead atoms. The van der Waals surface area contributed by atoms with Crippen LogP contribution in [0.1, 0.15) is 23.4 Å². The zero-order chi connectivity index (χ0) is 12.4. The Bertz CT molecular complexity index is 502. The molecule has 0 aliphatic carbocycles. The van der Waals surface area contributed by atoms with Crippen molar-refractivity contribution in [2.24, 2.45) is 0 Å². The van der Waals surface area contributed by atoms with Gasteiger partial charge < -0.3 is 11.1 Å². The molecule has 3 N–H and O–H groups in total. The van der Waals surface area contributed by atoms with Gasteiger partial charge in [0.05, 0.1) is 21.8 Å². The van der Waals surface area contributed by atoms with Gasteiger partial charge in [0.15, 0.2) is 0 Å². The van der Waals surface area contributed by atoms with Crippen LogP contribution in [-0.4, -0.2) is 0 Å². The van der Waals surface area contributed by atoms with Crippen molar-refractivity contribution in [3.8, 4) is 0 Å². The summed E-state index contributed by atoms with van der Waals surface area (Å²) in [7, 11) is 0. The number of hydrogen-bond acceptors (Lipinski definition) is 3. The summed E-state index contributed by atoms with van der Waals surface area (Å²) in [4.78, 5) is 1.21. The number of aryl methyl sites for hydroxylation is 1. The molecule has 0 amide bonds. The van der Waals surface area contributed by atoms with Crippen molar-refractivity contribution in [2.75, 3.05) is 11.1 Å². The summed E-state index contributed by atoms with van der Waals surface area (Å²) in [6.45, 7) is 4.15. The Balaban J connectivity index is 2.21. The van der Waals surface area contributed by atoms with E-state index in [1.807, 2.05) is 37.3 Å². The molecular weight excluding hydrogens is 252 g/mol. The van der Waals surface area contributed by atoms with E-state index in [2.05, 4.69) is 12.2 Å². The highest BCUT2D eigenvalue weighted by molar-refractivity contribution is 7.16. The number of benzene rings is 1. The Morgan fingerprint density at radius 3 is 2.65 bits per heavy atom. The molecule has 1 atom stereocenters. The fourth-order valence-corrected chi connectivity index (χ4v) is 2.80. The summed E-state index contributed by atoms with van der Waals surface area (Å²) in [6.07, 6.45) is 0. The van der Waals surface area contributed by atoms with Crippen molar-refractivity contribution < 1.29 is 0 Å². The number of para-hydroxylation sites is 1. The average Bonchev–Trinajstić information content (AvgIpc) is 2.70. The van der Waals surface area contributed by atoms with Gasteiger partial charge in [-0.1, -0.05) is 23.7 Å². The van der Waals surface area contributed by atoms with Crippen molar-refractivity contribution in [3.63, 3.8) is 0 Å². The second-order valence-electron chi connectivity index (χ2n) is 4.05. The number of hydrogen-bond donors (Lipinski definition) is 2. The number of halogens is 1. The van der Waals surface area contributed by atoms with E-state index in [0.717, 1.165) is 21.3 Å². The van der Waals surface area contributed by atoms with Crippen LogP contribution >= 0.6 is 22.9 Å². The van der Waals surface area contributed by atoms with Crippen LogP contribution in [0.3, 0.4) is 0 Å². The molecule has 2 aromatic rings. The molecule has 0 fully saturated rings. The SMILES string of the molecule is Cc1cccc(N)c1NC(C)c1ccc(Cl)s1. The van der Waals surface area contributed by atoms with Gasteiger partial charge in [0.1, 0.15) is 0 Å². The van der Waals surface area contributed by atoms with Gasteiger partial charge in [-0.3, -0.25) is 0 Å². The highest BCUT2D eigenvalue weighted by Crippen LogP contribution is 2.31. The summed E-state index contributed by atoms with van der Waals surface area (Å²) < 4.78 is 0.811. The maximum atomic E-state index is 5.97. The molecule has 0 spiro atoms. The first-order valence-corrected chi connectivity index (χ1v) is 6.64. The summed E-state index contributed by atoms with van der Waals surface area (Å²) in [5.74, 6) is 0. The molecule has 0 aliphatic rings. The lowest BCUT2D eigenvalue weighted by Gasteiger charge is -2.17. The van der Waals surface area contributed by atoms with Crippen molar-refractivity contribution >= 4 is 34.3 Å². The molecule has 2 rings (SSSR count). The van der Waals surface area contributed by atoms with Gasteiger partial charge in [-0.05, 0) is 37.6 Å². The lowest BCUT2D eigenvalue weighted by Crippen LogP contribution is -2.08. The summed E-state index contributed by atoms with van der Waals surface area (Å²) in [5, 5.41) is 3.43. The number of rotatable bonds is 3. The Morgan fingerprint density at radius 1 is 1.29 bits per heavy atom. The van der Waals surface area contributed by atoms with Crippen molar-refractivity contribution in [2.45, 2.75) is 19.9 Å². The Labute approximate surface area is 110 Å². The molecule has 2 nitrogen and oxygen atoms in total. The van der Waals surface area contributed by atoms with Gasteiger partial charge in [-0.15, -0.1) is 11.3 Å². The minimum atomic E-state index is 0.205. The van der Waals surface area contributed by atoms with Crippen molar-refractivity contribution in [3.05, 3.63) is 45.1 Å². The molecule has 17 heavy (non-hydrogen) atoms. The quantitative estimate of drug-likeness (QED) is 0.805. The third-order valence-electron chi connectivity index (χ3n) is 2.69. The molecule has 0 aliphatic heterocycles. The second-order valence-corrected chi connectivity index (χ2v) is 5.79. The number of anilines is 2. The van der Waals surface area contributed by atoms with E-state index in [4.69, 9.17) is 17.3 Å². The topological polar surface area (TPSA) is 38.0 Å². The first kappa shape index (κ1) is 12.3. The van der Waals surface area contributed by atoms with E-state index in [1.165, 1.54) is 4.88 Å². The van der Waals surface area contributed by atoms with E-state index < -0.39 is 0 Å². The van der Waals surface area contributed by atoms with Crippen LogP contribution in [0.5, 0.6) is 0 Å². The molecular formula is C13H15ClN2S. The maximum absolute atomic E-state index is 5.97. The summed E-state index contributed by atoms with van der Waals surface area (Å²) >= 11 is 7.52. The fraction of sp³-hybridized carbons (Fsp3) is 0.231. The largest absolute Gasteiger partial charge is 0.397 e. The molecule has 90 valence electrons. The van der Waals surface area contributed by atoms with E-state index >= 15 is 0 Å². The second kappa shape index (κ2) is 4.98. The van der Waals surface area contributed by atoms with Crippen molar-refractivity contribution in [1.29, 1.82) is 0 Å². The van der Waals surface area contributed by atoms with Gasteiger partial charge in [-0.2, -0.15) is 0 Å². The van der Waals surface area contributed by atoms with Crippen molar-refractivity contribution in [1.82, 2.24) is 0 Å². The highest BCUT2D eigenvalue weighted by atomic mass is 35.5. The lowest BCUT2D eigenvalue weighted by molar-refractivity contribution is 0.906. The van der Waals surface area contributed by atoms with E-state index in [0.29, 0.717) is 0 Å². The lowest BCUT2D eigenvalue weighted by atomic mass is 10.1. The normalized spacial score (nSPS) is 12.4. The predicted molar refractivity (Wildman–Crippen MR) is 77.0 cm³/mol. The molecule has 0 radical (unpaired) electrons. The summed E-state index contributed by atoms with van der Waals surface area (Å²) in [5.41, 5.74) is 8.90. The van der Waals surface area contributed by atoms with Gasteiger partial charge in [0.2, 0.25) is 0 Å². The van der Waals surface area contributed by atoms with Gasteiger partial charge >= 0.3 is 0 Å². The summed E-state index contributed by atoms with van der Waals surface area (Å²) in [6, 6.07) is 10.1. The third-order valence-corrected chi connectivity index (χ3v) is 4.10. The Hall–Kier alpha value is -1.19. The zero-order valence-corrected chi connectivity index (χ0v) is 11.4. The monoisotopic (exact) mass is 266 g/mol. The van der Waals surface area contributed by atoms with E-state index in [-0.39, 0.29) is 6.04 Å². The van der Waals surface area contributed by atoms with Crippen LogP contribution in [0.25, 0.3) is 0 Å². The van der Waals surface area contributed by atoms with Gasteiger partial charge in [0, 0.05) is 4.88 Å². The number of nitrogens with two attached hydrogens (primary N) is 1. The van der Waals surface area contributed by atoms with Crippen LogP contribution in [0.2, 0.25) is 4.34 Å². The van der Waals surface area contributed by atoms with E-state index in [1.54, 1.807) is 11.3 Å². The predicted octanol–water partition coefficient (Wildman–Crippen LogP) is 4.47. The molecule has 1 heterocycles. The minimum absolute atomic E-state index is 0.205. The first-order valence-electron chi connectivity index (χ1n) is 5.45. The molecule has 0 saturated heterocycles. The molecule has 4 heteroatoms. The van der Waals surface area contributed by atoms with Crippen LogP contribution in [-0.2, 0) is 0 Å². The molecule has 1 aromatic carbocycles. The van der Waals surface area contributed by atoms with Crippen LogP contribution in [0.4, 0.5) is 11.4 Å². The number of thiophene rings is 1. The molecule has 1 unspecified atom stereocenters. The Morgan fingerprint density at radius 2 is 2.06 bits per heavy atom. The first-order chi connectivity index (χ1) is 8.08. The Kier molecular flexibility index (Phi) is 3.60. The number of nitrogens with one attached hydrogen (secondary N) is 1. The number of nitrogen functional groups attached to an aromatic ring is 1. The maximum Gasteiger partial charge on any atom is 0.0932 e. The third kappa shape index (κ3) is 2.73. The smallest absolute Gasteiger partial charge is 0.0932 e.